The fourth-order valence-corrected chi connectivity index (χ4v) is 4.56. The molecule has 0 saturated carbocycles. The van der Waals surface area contributed by atoms with E-state index in [-0.39, 0.29) is 16.4 Å². The molecule has 0 radical (unpaired) electrons. The van der Waals surface area contributed by atoms with Crippen molar-refractivity contribution in [2.75, 3.05) is 29.0 Å². The van der Waals surface area contributed by atoms with Crippen molar-refractivity contribution in [2.24, 2.45) is 0 Å². The van der Waals surface area contributed by atoms with E-state index in [1.165, 1.54) is 18.2 Å². The molecule has 14 heteroatoms. The number of halogens is 1. The number of carbonyl (C=O) groups is 1. The summed E-state index contributed by atoms with van der Waals surface area (Å²) in [5, 5.41) is 28.2. The molecule has 0 bridgehead atoms. The Labute approximate surface area is 215 Å². The summed E-state index contributed by atoms with van der Waals surface area (Å²) < 4.78 is 1.65. The van der Waals surface area contributed by atoms with Gasteiger partial charge in [-0.15, -0.1) is 10.2 Å². The van der Waals surface area contributed by atoms with Crippen molar-refractivity contribution in [1.29, 1.82) is 0 Å². The summed E-state index contributed by atoms with van der Waals surface area (Å²) in [7, 11) is 0. The molecular formula is C22H22ClN9O3S. The topological polar surface area (TPSA) is 152 Å². The van der Waals surface area contributed by atoms with Crippen LogP contribution in [0.2, 0.25) is 5.02 Å². The van der Waals surface area contributed by atoms with Gasteiger partial charge in [-0.25, -0.2) is 4.40 Å². The number of nitrogens with zero attached hydrogens (tertiary/aromatic N) is 6. The molecule has 4 aromatic rings. The van der Waals surface area contributed by atoms with Gasteiger partial charge in [-0.1, -0.05) is 53.7 Å². The molecule has 0 aliphatic rings. The van der Waals surface area contributed by atoms with Crippen LogP contribution in [0.15, 0.2) is 53.7 Å². The second kappa shape index (κ2) is 11.2. The second-order valence-electron chi connectivity index (χ2n) is 7.37. The molecule has 12 nitrogen and oxygen atoms in total. The number of nitro benzene ring substituents is 1. The van der Waals surface area contributed by atoms with Crippen molar-refractivity contribution in [3.63, 3.8) is 0 Å². The van der Waals surface area contributed by atoms with Gasteiger partial charge in [0.15, 0.2) is 0 Å². The number of thioether (sulfide) groups is 1. The van der Waals surface area contributed by atoms with Gasteiger partial charge < -0.3 is 16.0 Å². The van der Waals surface area contributed by atoms with Gasteiger partial charge in [0.05, 0.1) is 15.6 Å². The van der Waals surface area contributed by atoms with Crippen molar-refractivity contribution < 1.29 is 9.72 Å². The molecule has 1 atom stereocenters. The third-order valence-corrected chi connectivity index (χ3v) is 6.41. The quantitative estimate of drug-likeness (QED) is 0.153. The predicted molar refractivity (Wildman–Crippen MR) is 139 cm³/mol. The SMILES string of the molecule is CCNc1nc(NCC)n2c(SC(C(=O)Nc3ccc([N+](=O)[O-])cc3Cl)c3ccccc3)nnc2n1. The zero-order valence-corrected chi connectivity index (χ0v) is 20.9. The van der Waals surface area contributed by atoms with Crippen LogP contribution in [-0.2, 0) is 4.79 Å². The summed E-state index contributed by atoms with van der Waals surface area (Å²) in [5.41, 5.74) is 0.798. The Balaban J connectivity index is 1.70. The van der Waals surface area contributed by atoms with Crippen LogP contribution in [0.4, 0.5) is 23.3 Å². The fourth-order valence-electron chi connectivity index (χ4n) is 3.30. The highest BCUT2D eigenvalue weighted by molar-refractivity contribution is 8.00. The van der Waals surface area contributed by atoms with Crippen LogP contribution >= 0.6 is 23.4 Å². The number of hydrogen-bond acceptors (Lipinski definition) is 10. The van der Waals surface area contributed by atoms with E-state index in [2.05, 4.69) is 36.1 Å². The van der Waals surface area contributed by atoms with E-state index in [1.807, 2.05) is 44.2 Å². The molecule has 1 unspecified atom stereocenters. The van der Waals surface area contributed by atoms with E-state index in [1.54, 1.807) is 4.40 Å². The average Bonchev–Trinajstić information content (AvgIpc) is 3.27. The normalized spacial score (nSPS) is 11.8. The molecule has 3 N–H and O–H groups in total. The van der Waals surface area contributed by atoms with Gasteiger partial charge in [0, 0.05) is 25.2 Å². The molecule has 1 amide bonds. The molecule has 0 spiro atoms. The monoisotopic (exact) mass is 527 g/mol. The number of nitro groups is 1. The lowest BCUT2D eigenvalue weighted by Gasteiger charge is -2.17. The van der Waals surface area contributed by atoms with Crippen LogP contribution in [0.25, 0.3) is 5.78 Å². The molecule has 4 rings (SSSR count). The lowest BCUT2D eigenvalue weighted by molar-refractivity contribution is -0.384. The van der Waals surface area contributed by atoms with Crippen LogP contribution in [0.3, 0.4) is 0 Å². The third kappa shape index (κ3) is 5.47. The largest absolute Gasteiger partial charge is 0.355 e. The smallest absolute Gasteiger partial charge is 0.271 e. The summed E-state index contributed by atoms with van der Waals surface area (Å²) in [6, 6.07) is 13.0. The van der Waals surface area contributed by atoms with Gasteiger partial charge >= 0.3 is 0 Å². The predicted octanol–water partition coefficient (Wildman–Crippen LogP) is 4.42. The number of fused-ring (bicyclic) bond motifs is 1. The standard InChI is InChI=1S/C22H22ClN9O3S/c1-3-24-19-27-20(25-4-2)31-21(28-19)29-30-22(31)36-17(13-8-6-5-7-9-13)18(33)26-16-11-10-14(32(34)35)12-15(16)23/h5-12,17H,3-4H2,1-2H3,(H,26,33)(H2,24,25,27,28,29). The van der Waals surface area contributed by atoms with Gasteiger partial charge in [-0.05, 0) is 25.5 Å². The van der Waals surface area contributed by atoms with Crippen molar-refractivity contribution in [3.8, 4) is 0 Å². The Bertz CT molecular complexity index is 1400. The lowest BCUT2D eigenvalue weighted by atomic mass is 10.1. The Morgan fingerprint density at radius 3 is 2.53 bits per heavy atom. The van der Waals surface area contributed by atoms with E-state index < -0.39 is 16.1 Å². The van der Waals surface area contributed by atoms with Gasteiger partial charge in [0.2, 0.25) is 23.0 Å². The number of non-ortho nitro benzene ring substituents is 1. The Morgan fingerprint density at radius 1 is 1.11 bits per heavy atom. The fraction of sp³-hybridized carbons (Fsp3) is 0.227. The minimum atomic E-state index is -0.757. The first-order chi connectivity index (χ1) is 17.4. The molecule has 0 aliphatic carbocycles. The highest BCUT2D eigenvalue weighted by Gasteiger charge is 2.27. The number of rotatable bonds is 10. The lowest BCUT2D eigenvalue weighted by Crippen LogP contribution is -2.20. The first-order valence-corrected chi connectivity index (χ1v) is 12.2. The zero-order valence-electron chi connectivity index (χ0n) is 19.3. The first-order valence-electron chi connectivity index (χ1n) is 11.0. The highest BCUT2D eigenvalue weighted by atomic mass is 35.5. The van der Waals surface area contributed by atoms with Crippen molar-refractivity contribution in [2.45, 2.75) is 24.3 Å². The summed E-state index contributed by atoms with van der Waals surface area (Å²) in [6.45, 7) is 5.11. The van der Waals surface area contributed by atoms with Crippen LogP contribution < -0.4 is 16.0 Å². The first kappa shape index (κ1) is 25.1. The Hall–Kier alpha value is -3.97. The highest BCUT2D eigenvalue weighted by Crippen LogP contribution is 2.37. The number of carbonyl (C=O) groups excluding carboxylic acids is 1. The van der Waals surface area contributed by atoms with E-state index in [9.17, 15) is 14.9 Å². The molecule has 2 aromatic heterocycles. The Kier molecular flexibility index (Phi) is 7.80. The van der Waals surface area contributed by atoms with Gasteiger partial charge in [0.1, 0.15) is 5.25 Å². The molecule has 2 heterocycles. The average molecular weight is 528 g/mol. The molecule has 36 heavy (non-hydrogen) atoms. The van der Waals surface area contributed by atoms with E-state index in [0.717, 1.165) is 11.8 Å². The zero-order chi connectivity index (χ0) is 25.7. The van der Waals surface area contributed by atoms with Crippen molar-refractivity contribution in [1.82, 2.24) is 24.6 Å². The second-order valence-corrected chi connectivity index (χ2v) is 8.85. The Morgan fingerprint density at radius 2 is 1.86 bits per heavy atom. The van der Waals surface area contributed by atoms with Gasteiger partial charge in [0.25, 0.3) is 11.5 Å². The summed E-state index contributed by atoms with van der Waals surface area (Å²) in [4.78, 5) is 32.8. The number of benzene rings is 2. The summed E-state index contributed by atoms with van der Waals surface area (Å²) in [6.07, 6.45) is 0. The maximum Gasteiger partial charge on any atom is 0.271 e. The van der Waals surface area contributed by atoms with Crippen LogP contribution in [-0.4, -0.2) is 48.5 Å². The summed E-state index contributed by atoms with van der Waals surface area (Å²) >= 11 is 7.37. The molecular weight excluding hydrogens is 506 g/mol. The number of nitrogens with one attached hydrogen (secondary N) is 3. The van der Waals surface area contributed by atoms with Gasteiger partial charge in [-0.3, -0.25) is 14.9 Å². The maximum absolute atomic E-state index is 13.5. The van der Waals surface area contributed by atoms with E-state index in [0.29, 0.717) is 41.5 Å². The third-order valence-electron chi connectivity index (χ3n) is 4.90. The molecule has 0 saturated heterocycles. The van der Waals surface area contributed by atoms with Crippen LogP contribution in [0.5, 0.6) is 0 Å². The molecule has 0 aliphatic heterocycles. The van der Waals surface area contributed by atoms with Crippen LogP contribution in [0, 0.1) is 10.1 Å². The van der Waals surface area contributed by atoms with Crippen molar-refractivity contribution >= 4 is 58.3 Å². The number of hydrogen-bond donors (Lipinski definition) is 3. The molecule has 186 valence electrons. The van der Waals surface area contributed by atoms with Gasteiger partial charge in [-0.2, -0.15) is 9.97 Å². The molecule has 0 fully saturated rings. The van der Waals surface area contributed by atoms with E-state index in [4.69, 9.17) is 11.6 Å². The number of aromatic nitrogens is 5. The van der Waals surface area contributed by atoms with Crippen molar-refractivity contribution in [3.05, 3.63) is 69.2 Å². The number of amides is 1. The minimum absolute atomic E-state index is 0.0566. The van der Waals surface area contributed by atoms with Crippen LogP contribution in [0.1, 0.15) is 24.7 Å². The van der Waals surface area contributed by atoms with E-state index >= 15 is 0 Å². The number of anilines is 3. The maximum atomic E-state index is 13.5. The summed E-state index contributed by atoms with van der Waals surface area (Å²) in [5.74, 6) is 0.825. The minimum Gasteiger partial charge on any atom is -0.355 e. The molecule has 2 aromatic carbocycles.